The van der Waals surface area contributed by atoms with Gasteiger partial charge in [-0.25, -0.2) is 0 Å². The molecule has 2 rings (SSSR count). The van der Waals surface area contributed by atoms with Crippen molar-refractivity contribution in [2.75, 3.05) is 5.33 Å². The Hall–Kier alpha value is -0.380. The van der Waals surface area contributed by atoms with Gasteiger partial charge in [0, 0.05) is 20.6 Å². The average Bonchev–Trinajstić information content (AvgIpc) is 2.85. The minimum Gasteiger partial charge on any atom is -0.144 e. The molecular formula is C12H11BrS2. The molecule has 0 aliphatic carbocycles. The summed E-state index contributed by atoms with van der Waals surface area (Å²) in [5.41, 5.74) is 2.69. The van der Waals surface area contributed by atoms with Crippen molar-refractivity contribution in [2.45, 2.75) is 6.92 Å². The highest BCUT2D eigenvalue weighted by Crippen LogP contribution is 2.30. The monoisotopic (exact) mass is 298 g/mol. The standard InChI is InChI=1S/C12H11BrS2/c1-9(7-13)5-11-6-10(8-15-11)12-3-2-4-14-12/h2-6,8H,7H2,1H3. The van der Waals surface area contributed by atoms with E-state index in [1.54, 1.807) is 22.7 Å². The second-order valence-corrected chi connectivity index (χ2v) is 5.79. The van der Waals surface area contributed by atoms with Gasteiger partial charge in [0.2, 0.25) is 0 Å². The van der Waals surface area contributed by atoms with Crippen molar-refractivity contribution >= 4 is 44.7 Å². The summed E-state index contributed by atoms with van der Waals surface area (Å²) in [4.78, 5) is 2.68. The van der Waals surface area contributed by atoms with Gasteiger partial charge in [0.1, 0.15) is 0 Å². The summed E-state index contributed by atoms with van der Waals surface area (Å²) in [6.45, 7) is 2.14. The van der Waals surface area contributed by atoms with Gasteiger partial charge in [0.05, 0.1) is 0 Å². The molecule has 0 saturated heterocycles. The van der Waals surface area contributed by atoms with E-state index in [9.17, 15) is 0 Å². The van der Waals surface area contributed by atoms with Gasteiger partial charge >= 0.3 is 0 Å². The van der Waals surface area contributed by atoms with E-state index < -0.39 is 0 Å². The van der Waals surface area contributed by atoms with Crippen molar-refractivity contribution in [3.8, 4) is 10.4 Å². The van der Waals surface area contributed by atoms with Gasteiger partial charge in [-0.05, 0) is 35.9 Å². The number of halogens is 1. The molecule has 0 aliphatic heterocycles. The summed E-state index contributed by atoms with van der Waals surface area (Å²) in [5, 5.41) is 5.28. The quantitative estimate of drug-likeness (QED) is 0.677. The third kappa shape index (κ3) is 2.80. The molecule has 0 amide bonds. The van der Waals surface area contributed by atoms with E-state index in [4.69, 9.17) is 0 Å². The summed E-state index contributed by atoms with van der Waals surface area (Å²) in [6, 6.07) is 6.51. The highest BCUT2D eigenvalue weighted by atomic mass is 79.9. The normalized spacial score (nSPS) is 12.0. The zero-order chi connectivity index (χ0) is 10.7. The number of hydrogen-bond donors (Lipinski definition) is 0. The molecule has 2 aromatic rings. The third-order valence-electron chi connectivity index (χ3n) is 2.02. The summed E-state index contributed by atoms with van der Waals surface area (Å²) in [5.74, 6) is 0. The van der Waals surface area contributed by atoms with E-state index in [0.29, 0.717) is 0 Å². The maximum atomic E-state index is 3.46. The van der Waals surface area contributed by atoms with Crippen LogP contribution in [0, 0.1) is 0 Å². The van der Waals surface area contributed by atoms with Gasteiger partial charge in [0.25, 0.3) is 0 Å². The van der Waals surface area contributed by atoms with Crippen LogP contribution in [-0.4, -0.2) is 5.33 Å². The minimum absolute atomic E-state index is 0.944. The molecule has 3 heteroatoms. The number of thiophene rings is 2. The molecule has 2 heterocycles. The first-order chi connectivity index (χ1) is 7.29. The molecule has 0 atom stereocenters. The van der Waals surface area contributed by atoms with Gasteiger partial charge in [-0.15, -0.1) is 22.7 Å². The van der Waals surface area contributed by atoms with Crippen molar-refractivity contribution in [1.82, 2.24) is 0 Å². The molecule has 78 valence electrons. The molecule has 0 unspecified atom stereocenters. The Labute approximate surface area is 106 Å². The lowest BCUT2D eigenvalue weighted by molar-refractivity contribution is 1.46. The van der Waals surface area contributed by atoms with Gasteiger partial charge in [-0.2, -0.15) is 0 Å². The van der Waals surface area contributed by atoms with Crippen molar-refractivity contribution in [3.05, 3.63) is 39.4 Å². The lowest BCUT2D eigenvalue weighted by atomic mass is 10.2. The zero-order valence-electron chi connectivity index (χ0n) is 8.37. The van der Waals surface area contributed by atoms with Crippen LogP contribution in [-0.2, 0) is 0 Å². The summed E-state index contributed by atoms with van der Waals surface area (Å²) in [7, 11) is 0. The number of alkyl halides is 1. The van der Waals surface area contributed by atoms with Crippen LogP contribution in [0.2, 0.25) is 0 Å². The largest absolute Gasteiger partial charge is 0.144 e. The van der Waals surface area contributed by atoms with Crippen molar-refractivity contribution in [1.29, 1.82) is 0 Å². The minimum atomic E-state index is 0.944. The van der Waals surface area contributed by atoms with E-state index in [-0.39, 0.29) is 0 Å². The number of rotatable bonds is 3. The lowest BCUT2D eigenvalue weighted by Crippen LogP contribution is -1.73. The van der Waals surface area contributed by atoms with E-state index in [0.717, 1.165) is 5.33 Å². The van der Waals surface area contributed by atoms with Crippen LogP contribution in [0.25, 0.3) is 16.5 Å². The maximum absolute atomic E-state index is 3.46. The van der Waals surface area contributed by atoms with E-state index in [1.807, 2.05) is 0 Å². The summed E-state index contributed by atoms with van der Waals surface area (Å²) in [6.07, 6.45) is 2.23. The summed E-state index contributed by atoms with van der Waals surface area (Å²) < 4.78 is 0. The molecule has 0 fully saturated rings. The van der Waals surface area contributed by atoms with E-state index in [1.165, 1.54) is 20.9 Å². The first-order valence-corrected chi connectivity index (χ1v) is 7.53. The number of allylic oxidation sites excluding steroid dienone is 1. The van der Waals surface area contributed by atoms with E-state index in [2.05, 4.69) is 57.9 Å². The molecule has 0 spiro atoms. The first kappa shape index (κ1) is 11.1. The summed E-state index contributed by atoms with van der Waals surface area (Å²) >= 11 is 7.05. The smallest absolute Gasteiger partial charge is 0.0351 e. The fraction of sp³-hybridized carbons (Fsp3) is 0.167. The average molecular weight is 299 g/mol. The highest BCUT2D eigenvalue weighted by Gasteiger charge is 2.01. The van der Waals surface area contributed by atoms with Crippen LogP contribution in [0.5, 0.6) is 0 Å². The molecule has 15 heavy (non-hydrogen) atoms. The molecule has 0 aromatic carbocycles. The Kier molecular flexibility index (Phi) is 3.78. The molecule has 0 saturated carbocycles. The highest BCUT2D eigenvalue weighted by molar-refractivity contribution is 9.09. The lowest BCUT2D eigenvalue weighted by Gasteiger charge is -1.91. The molecule has 0 N–H and O–H groups in total. The van der Waals surface area contributed by atoms with Crippen molar-refractivity contribution in [3.63, 3.8) is 0 Å². The Balaban J connectivity index is 2.25. The molecule has 0 bridgehead atoms. The van der Waals surface area contributed by atoms with Crippen LogP contribution in [0.3, 0.4) is 0 Å². The molecule has 0 nitrogen and oxygen atoms in total. The van der Waals surface area contributed by atoms with Gasteiger partial charge < -0.3 is 0 Å². The van der Waals surface area contributed by atoms with Crippen LogP contribution >= 0.6 is 38.6 Å². The fourth-order valence-corrected chi connectivity index (χ4v) is 3.16. The zero-order valence-corrected chi connectivity index (χ0v) is 11.6. The van der Waals surface area contributed by atoms with Gasteiger partial charge in [-0.1, -0.05) is 27.6 Å². The van der Waals surface area contributed by atoms with Crippen LogP contribution in [0.15, 0.2) is 34.5 Å². The number of hydrogen-bond acceptors (Lipinski definition) is 2. The van der Waals surface area contributed by atoms with Crippen LogP contribution in [0.4, 0.5) is 0 Å². The molecule has 2 aromatic heterocycles. The van der Waals surface area contributed by atoms with Gasteiger partial charge in [0.15, 0.2) is 0 Å². The van der Waals surface area contributed by atoms with Crippen LogP contribution in [0.1, 0.15) is 11.8 Å². The Bertz CT molecular complexity index is 452. The van der Waals surface area contributed by atoms with Crippen molar-refractivity contribution in [2.24, 2.45) is 0 Å². The third-order valence-corrected chi connectivity index (χ3v) is 4.71. The second kappa shape index (κ2) is 5.10. The van der Waals surface area contributed by atoms with Crippen molar-refractivity contribution < 1.29 is 0 Å². The van der Waals surface area contributed by atoms with E-state index >= 15 is 0 Å². The van der Waals surface area contributed by atoms with Crippen LogP contribution < -0.4 is 0 Å². The fourth-order valence-electron chi connectivity index (χ4n) is 1.28. The maximum Gasteiger partial charge on any atom is 0.0351 e. The first-order valence-electron chi connectivity index (χ1n) is 4.65. The van der Waals surface area contributed by atoms with Gasteiger partial charge in [-0.3, -0.25) is 0 Å². The molecular weight excluding hydrogens is 288 g/mol. The predicted molar refractivity (Wildman–Crippen MR) is 75.1 cm³/mol. The Morgan fingerprint density at radius 3 is 3.00 bits per heavy atom. The Morgan fingerprint density at radius 1 is 1.47 bits per heavy atom. The molecule has 0 aliphatic rings. The Morgan fingerprint density at radius 2 is 2.33 bits per heavy atom. The SMILES string of the molecule is CC(=Cc1cc(-c2cccs2)cs1)CBr. The second-order valence-electron chi connectivity index (χ2n) is 3.34. The molecule has 0 radical (unpaired) electrons. The topological polar surface area (TPSA) is 0 Å². The predicted octanol–water partition coefficient (Wildman–Crippen LogP) is 5.27.